The first-order valence-corrected chi connectivity index (χ1v) is 5.61. The van der Waals surface area contributed by atoms with Crippen molar-refractivity contribution in [2.24, 2.45) is 0 Å². The minimum atomic E-state index is -0.898. The summed E-state index contributed by atoms with van der Waals surface area (Å²) < 4.78 is 5.05. The van der Waals surface area contributed by atoms with Gasteiger partial charge in [-0.1, -0.05) is 0 Å². The third kappa shape index (κ3) is 3.20. The summed E-state index contributed by atoms with van der Waals surface area (Å²) in [5, 5.41) is 8.94. The van der Waals surface area contributed by atoms with Gasteiger partial charge < -0.3 is 14.7 Å². The molecule has 2 atom stereocenters. The average molecular weight is 229 g/mol. The van der Waals surface area contributed by atoms with Crippen molar-refractivity contribution in [3.63, 3.8) is 0 Å². The molecule has 0 aromatic carbocycles. The maximum absolute atomic E-state index is 11.8. The zero-order valence-electron chi connectivity index (χ0n) is 9.81. The molecule has 0 radical (unpaired) electrons. The predicted octanol–water partition coefficient (Wildman–Crippen LogP) is 0.877. The van der Waals surface area contributed by atoms with Crippen LogP contribution in [0, 0.1) is 0 Å². The van der Waals surface area contributed by atoms with Gasteiger partial charge in [0.05, 0.1) is 6.10 Å². The fourth-order valence-electron chi connectivity index (χ4n) is 1.91. The molecule has 1 heterocycles. The Morgan fingerprint density at radius 3 is 2.81 bits per heavy atom. The highest BCUT2D eigenvalue weighted by Gasteiger charge is 2.33. The van der Waals surface area contributed by atoms with Crippen molar-refractivity contribution in [1.29, 1.82) is 0 Å². The number of amides is 1. The van der Waals surface area contributed by atoms with Gasteiger partial charge in [0, 0.05) is 20.1 Å². The monoisotopic (exact) mass is 229 g/mol. The molecule has 0 aromatic heterocycles. The first-order chi connectivity index (χ1) is 7.56. The molecule has 1 saturated heterocycles. The number of rotatable bonds is 5. The van der Waals surface area contributed by atoms with Crippen molar-refractivity contribution < 1.29 is 19.4 Å². The number of methoxy groups -OCH3 is 1. The summed E-state index contributed by atoms with van der Waals surface area (Å²) in [7, 11) is 1.60. The van der Waals surface area contributed by atoms with Gasteiger partial charge >= 0.3 is 5.97 Å². The summed E-state index contributed by atoms with van der Waals surface area (Å²) in [6, 6.07) is -0.620. The lowest BCUT2D eigenvalue weighted by Gasteiger charge is -2.22. The van der Waals surface area contributed by atoms with E-state index >= 15 is 0 Å². The highest BCUT2D eigenvalue weighted by Crippen LogP contribution is 2.19. The van der Waals surface area contributed by atoms with E-state index < -0.39 is 12.0 Å². The third-order valence-corrected chi connectivity index (χ3v) is 3.03. The Hall–Kier alpha value is -1.10. The maximum Gasteiger partial charge on any atom is 0.326 e. The number of carbonyl (C=O) groups is 2. The van der Waals surface area contributed by atoms with Gasteiger partial charge in [-0.15, -0.1) is 0 Å². The summed E-state index contributed by atoms with van der Waals surface area (Å²) in [5.41, 5.74) is 0. The number of carboxylic acids is 1. The van der Waals surface area contributed by atoms with Crippen LogP contribution in [0.1, 0.15) is 32.6 Å². The smallest absolute Gasteiger partial charge is 0.326 e. The summed E-state index contributed by atoms with van der Waals surface area (Å²) in [6.07, 6.45) is 2.38. The molecule has 5 heteroatoms. The van der Waals surface area contributed by atoms with E-state index in [1.54, 1.807) is 7.11 Å². The van der Waals surface area contributed by atoms with Crippen LogP contribution in [0.4, 0.5) is 0 Å². The molecule has 0 aliphatic carbocycles. The number of likely N-dealkylation sites (tertiary alicyclic amines) is 1. The lowest BCUT2D eigenvalue weighted by atomic mass is 10.2. The van der Waals surface area contributed by atoms with E-state index in [2.05, 4.69) is 0 Å². The summed E-state index contributed by atoms with van der Waals surface area (Å²) in [6.45, 7) is 2.46. The standard InChI is InChI=1S/C11H19NO4/c1-8(16-2)5-6-10(13)12-7-3-4-9(12)11(14)15/h8-9H,3-7H2,1-2H3,(H,14,15)/t8?,9-/m0/s1. The van der Waals surface area contributed by atoms with Crippen LogP contribution < -0.4 is 0 Å². The number of ether oxygens (including phenoxy) is 1. The molecule has 1 aliphatic rings. The van der Waals surface area contributed by atoms with Crippen LogP contribution in [0.25, 0.3) is 0 Å². The van der Waals surface area contributed by atoms with Gasteiger partial charge in [-0.3, -0.25) is 4.79 Å². The fraction of sp³-hybridized carbons (Fsp3) is 0.818. The van der Waals surface area contributed by atoms with Gasteiger partial charge in [-0.25, -0.2) is 4.79 Å². The number of hydrogen-bond donors (Lipinski definition) is 1. The van der Waals surface area contributed by atoms with E-state index in [1.165, 1.54) is 4.90 Å². The molecule has 1 rings (SSSR count). The molecule has 92 valence electrons. The quantitative estimate of drug-likeness (QED) is 0.759. The van der Waals surface area contributed by atoms with Gasteiger partial charge in [0.1, 0.15) is 6.04 Å². The highest BCUT2D eigenvalue weighted by atomic mass is 16.5. The van der Waals surface area contributed by atoms with Crippen molar-refractivity contribution in [2.75, 3.05) is 13.7 Å². The van der Waals surface area contributed by atoms with Crippen molar-refractivity contribution in [2.45, 2.75) is 44.8 Å². The molecule has 0 aromatic rings. The summed E-state index contributed by atoms with van der Waals surface area (Å²) in [4.78, 5) is 24.2. The van der Waals surface area contributed by atoms with Gasteiger partial charge in [-0.05, 0) is 26.2 Å². The topological polar surface area (TPSA) is 66.8 Å². The van der Waals surface area contributed by atoms with Gasteiger partial charge in [0.15, 0.2) is 0 Å². The van der Waals surface area contributed by atoms with Crippen LogP contribution >= 0.6 is 0 Å². The molecule has 1 amide bonds. The van der Waals surface area contributed by atoms with Crippen LogP contribution in [0.15, 0.2) is 0 Å². The van der Waals surface area contributed by atoms with Crippen molar-refractivity contribution >= 4 is 11.9 Å². The highest BCUT2D eigenvalue weighted by molar-refractivity contribution is 5.84. The van der Waals surface area contributed by atoms with E-state index in [1.807, 2.05) is 6.92 Å². The van der Waals surface area contributed by atoms with E-state index in [9.17, 15) is 9.59 Å². The van der Waals surface area contributed by atoms with Crippen LogP contribution in [0.2, 0.25) is 0 Å². The van der Waals surface area contributed by atoms with Crippen molar-refractivity contribution in [3.8, 4) is 0 Å². The fourth-order valence-corrected chi connectivity index (χ4v) is 1.91. The van der Waals surface area contributed by atoms with Crippen LogP contribution in [0.5, 0.6) is 0 Å². The molecular weight excluding hydrogens is 210 g/mol. The molecule has 5 nitrogen and oxygen atoms in total. The molecule has 1 fully saturated rings. The minimum absolute atomic E-state index is 0.0369. The molecule has 1 aliphatic heterocycles. The SMILES string of the molecule is COC(C)CCC(=O)N1CCC[C@H]1C(=O)O. The molecule has 0 bridgehead atoms. The predicted molar refractivity (Wildman–Crippen MR) is 58.1 cm³/mol. The van der Waals surface area contributed by atoms with Gasteiger partial charge in [0.2, 0.25) is 5.91 Å². The molecule has 1 N–H and O–H groups in total. The number of nitrogens with zero attached hydrogens (tertiary/aromatic N) is 1. The number of carbonyl (C=O) groups excluding carboxylic acids is 1. The second-order valence-electron chi connectivity index (χ2n) is 4.17. The lowest BCUT2D eigenvalue weighted by molar-refractivity contribution is -0.148. The molecule has 16 heavy (non-hydrogen) atoms. The third-order valence-electron chi connectivity index (χ3n) is 3.03. The Morgan fingerprint density at radius 1 is 1.56 bits per heavy atom. The van der Waals surface area contributed by atoms with Gasteiger partial charge in [0.25, 0.3) is 0 Å². The molecule has 0 spiro atoms. The second-order valence-corrected chi connectivity index (χ2v) is 4.17. The van der Waals surface area contributed by atoms with Crippen LogP contribution in [0.3, 0.4) is 0 Å². The Bertz CT molecular complexity index is 267. The number of aliphatic carboxylic acids is 1. The average Bonchev–Trinajstić information content (AvgIpc) is 2.74. The number of hydrogen-bond acceptors (Lipinski definition) is 3. The van der Waals surface area contributed by atoms with Gasteiger partial charge in [-0.2, -0.15) is 0 Å². The Kier molecular flexibility index (Phi) is 4.73. The second kappa shape index (κ2) is 5.84. The normalized spacial score (nSPS) is 22.1. The minimum Gasteiger partial charge on any atom is -0.480 e. The van der Waals surface area contributed by atoms with E-state index in [-0.39, 0.29) is 12.0 Å². The first-order valence-electron chi connectivity index (χ1n) is 5.61. The van der Waals surface area contributed by atoms with Crippen molar-refractivity contribution in [3.05, 3.63) is 0 Å². The van der Waals surface area contributed by atoms with E-state index in [0.717, 1.165) is 6.42 Å². The lowest BCUT2D eigenvalue weighted by Crippen LogP contribution is -2.40. The molecule has 0 saturated carbocycles. The first kappa shape index (κ1) is 13.0. The zero-order valence-corrected chi connectivity index (χ0v) is 9.81. The van der Waals surface area contributed by atoms with Crippen molar-refractivity contribution in [1.82, 2.24) is 4.90 Å². The van der Waals surface area contributed by atoms with Crippen LogP contribution in [-0.4, -0.2) is 47.7 Å². The molecular formula is C11H19NO4. The molecule has 1 unspecified atom stereocenters. The zero-order chi connectivity index (χ0) is 12.1. The summed E-state index contributed by atoms with van der Waals surface area (Å²) in [5.74, 6) is -0.973. The largest absolute Gasteiger partial charge is 0.480 e. The van der Waals surface area contributed by atoms with E-state index in [4.69, 9.17) is 9.84 Å². The van der Waals surface area contributed by atoms with E-state index in [0.29, 0.717) is 25.8 Å². The van der Waals surface area contributed by atoms with Crippen LogP contribution in [-0.2, 0) is 14.3 Å². The maximum atomic E-state index is 11.8. The Morgan fingerprint density at radius 2 is 2.25 bits per heavy atom. The summed E-state index contributed by atoms with van der Waals surface area (Å²) >= 11 is 0. The number of carboxylic acid groups (broad SMARTS) is 1. The Labute approximate surface area is 95.4 Å². The Balaban J connectivity index is 2.44.